The van der Waals surface area contributed by atoms with Crippen molar-refractivity contribution in [3.63, 3.8) is 0 Å². The molecule has 0 bridgehead atoms. The normalized spacial score (nSPS) is 15.9. The summed E-state index contributed by atoms with van der Waals surface area (Å²) in [5, 5.41) is 12.8. The van der Waals surface area contributed by atoms with Crippen molar-refractivity contribution >= 4 is 162 Å². The molecule has 15 heteroatoms. The number of hydrogen-bond acceptors (Lipinski definition) is 0. The van der Waals surface area contributed by atoms with Crippen LogP contribution in [0, 0.1) is 0 Å². The Morgan fingerprint density at radius 1 is 0.710 bits per heavy atom. The van der Waals surface area contributed by atoms with E-state index >= 15 is 0 Å². The molecule has 1 radical (unpaired) electrons. The van der Waals surface area contributed by atoms with Gasteiger partial charge in [-0.15, -0.1) is 0 Å². The zero-order chi connectivity index (χ0) is 24.8. The minimum atomic E-state index is -2.46. The van der Waals surface area contributed by atoms with Crippen LogP contribution >= 0.6 is 162 Å². The van der Waals surface area contributed by atoms with Crippen LogP contribution in [0.5, 0.6) is 0 Å². The molecular formula is C16H11Cl14O. The standard InChI is InChI=1S/C16H11Cl14O/c1-2-3-10(31)8-5-4-7(11(17,18)13(21,22)15(25,26)27)6-9(8)12(19,20)14(23,24)16(28,29)30/h4-6,10H,2-3H2,1H3. The molecule has 31 heavy (non-hydrogen) atoms. The van der Waals surface area contributed by atoms with E-state index in [2.05, 4.69) is 0 Å². The Kier molecular flexibility index (Phi) is 11.4. The fourth-order valence-electron chi connectivity index (χ4n) is 2.43. The van der Waals surface area contributed by atoms with E-state index in [1.165, 1.54) is 18.2 Å². The molecule has 0 fully saturated rings. The Morgan fingerprint density at radius 2 is 1.13 bits per heavy atom. The predicted molar refractivity (Wildman–Crippen MR) is 141 cm³/mol. The maximum atomic E-state index is 12.8. The molecule has 179 valence electrons. The summed E-state index contributed by atoms with van der Waals surface area (Å²) in [6.45, 7) is 1.81. The fraction of sp³-hybridized carbons (Fsp3) is 0.625. The highest BCUT2D eigenvalue weighted by Crippen LogP contribution is 2.64. The average molecular weight is 716 g/mol. The van der Waals surface area contributed by atoms with Crippen LogP contribution in [0.25, 0.3) is 0 Å². The molecule has 0 N–H and O–H groups in total. The van der Waals surface area contributed by atoms with Crippen LogP contribution in [0.3, 0.4) is 0 Å². The second-order valence-electron chi connectivity index (χ2n) is 6.37. The molecule has 0 spiro atoms. The van der Waals surface area contributed by atoms with Crippen LogP contribution in [0.4, 0.5) is 0 Å². The lowest BCUT2D eigenvalue weighted by molar-refractivity contribution is 0.0794. The maximum Gasteiger partial charge on any atom is 0.226 e. The summed E-state index contributed by atoms with van der Waals surface area (Å²) < 4.78 is -14.2. The number of rotatable bonds is 7. The minimum absolute atomic E-state index is 0.0614. The molecule has 1 aromatic rings. The van der Waals surface area contributed by atoms with E-state index in [1.54, 1.807) is 6.92 Å². The Morgan fingerprint density at radius 3 is 1.52 bits per heavy atom. The molecule has 0 aliphatic heterocycles. The van der Waals surface area contributed by atoms with Crippen LogP contribution in [0.1, 0.15) is 42.6 Å². The monoisotopic (exact) mass is 709 g/mol. The molecule has 1 aromatic carbocycles. The van der Waals surface area contributed by atoms with Gasteiger partial charge in [-0.1, -0.05) is 188 Å². The highest BCUT2D eigenvalue weighted by molar-refractivity contribution is 6.79. The number of halogens is 14. The zero-order valence-corrected chi connectivity index (χ0v) is 25.5. The molecule has 0 saturated heterocycles. The molecule has 0 heterocycles. The first-order valence-electron chi connectivity index (χ1n) is 8.02. The van der Waals surface area contributed by atoms with Crippen molar-refractivity contribution in [1.82, 2.24) is 0 Å². The third kappa shape index (κ3) is 6.39. The number of hydrogen-bond donors (Lipinski definition) is 0. The van der Waals surface area contributed by atoms with Gasteiger partial charge in [0.2, 0.25) is 16.3 Å². The minimum Gasteiger partial charge on any atom is -0.228 e. The van der Waals surface area contributed by atoms with Gasteiger partial charge in [0.25, 0.3) is 0 Å². The van der Waals surface area contributed by atoms with Crippen LogP contribution < -0.4 is 0 Å². The third-order valence-corrected chi connectivity index (χ3v) is 12.0. The van der Waals surface area contributed by atoms with Gasteiger partial charge >= 0.3 is 0 Å². The summed E-state index contributed by atoms with van der Waals surface area (Å²) in [5.74, 6) is 0. The molecule has 1 rings (SSSR count). The lowest BCUT2D eigenvalue weighted by Crippen LogP contribution is -2.47. The lowest BCUT2D eigenvalue weighted by atomic mass is 9.92. The van der Waals surface area contributed by atoms with Crippen molar-refractivity contribution in [3.05, 3.63) is 34.9 Å². The SMILES string of the molecule is CCCC([O])c1ccc(C(Cl)(Cl)C(Cl)(Cl)C(Cl)(Cl)Cl)cc1C(Cl)(Cl)C(Cl)(Cl)C(Cl)(Cl)Cl. The summed E-state index contributed by atoms with van der Waals surface area (Å²) in [7, 11) is 0. The van der Waals surface area contributed by atoms with Gasteiger partial charge in [0.05, 0.1) is 0 Å². The molecule has 1 atom stereocenters. The highest BCUT2D eigenvalue weighted by Gasteiger charge is 2.63. The van der Waals surface area contributed by atoms with Crippen molar-refractivity contribution in [2.45, 2.75) is 50.8 Å². The molecule has 0 aliphatic carbocycles. The van der Waals surface area contributed by atoms with Gasteiger partial charge in [0.1, 0.15) is 6.10 Å². The molecule has 0 amide bonds. The summed E-state index contributed by atoms with van der Waals surface area (Å²) >= 11 is 85.8. The van der Waals surface area contributed by atoms with Gasteiger partial charge in [-0.25, -0.2) is 5.11 Å². The van der Waals surface area contributed by atoms with Gasteiger partial charge in [-0.2, -0.15) is 0 Å². The van der Waals surface area contributed by atoms with E-state index in [0.717, 1.165) is 0 Å². The smallest absolute Gasteiger partial charge is 0.226 e. The van der Waals surface area contributed by atoms with Crippen molar-refractivity contribution in [2.24, 2.45) is 0 Å². The largest absolute Gasteiger partial charge is 0.228 e. The summed E-state index contributed by atoms with van der Waals surface area (Å²) in [6, 6.07) is 3.85. The van der Waals surface area contributed by atoms with E-state index in [4.69, 9.17) is 162 Å². The van der Waals surface area contributed by atoms with E-state index in [0.29, 0.717) is 6.42 Å². The fourth-order valence-corrected chi connectivity index (χ4v) is 5.41. The van der Waals surface area contributed by atoms with Crippen molar-refractivity contribution in [1.29, 1.82) is 0 Å². The molecule has 0 aromatic heterocycles. The van der Waals surface area contributed by atoms with Crippen LogP contribution in [0.2, 0.25) is 0 Å². The summed E-state index contributed by atoms with van der Waals surface area (Å²) in [4.78, 5) is 0. The third-order valence-electron chi connectivity index (χ3n) is 4.15. The van der Waals surface area contributed by atoms with Crippen LogP contribution in [-0.4, -0.2) is 16.3 Å². The van der Waals surface area contributed by atoms with E-state index < -0.39 is 31.0 Å². The first-order chi connectivity index (χ1) is 13.6. The first-order valence-corrected chi connectivity index (χ1v) is 13.3. The van der Waals surface area contributed by atoms with Gasteiger partial charge < -0.3 is 0 Å². The Balaban J connectivity index is 3.88. The Hall–Kier alpha value is 3.24. The topological polar surface area (TPSA) is 19.9 Å². The van der Waals surface area contributed by atoms with Gasteiger partial charge in [-0.05, 0) is 29.2 Å². The van der Waals surface area contributed by atoms with Crippen molar-refractivity contribution in [3.8, 4) is 0 Å². The Bertz CT molecular complexity index is 778. The predicted octanol–water partition coefficient (Wildman–Crippen LogP) is 11.3. The summed E-state index contributed by atoms with van der Waals surface area (Å²) in [5.41, 5.74) is -0.130. The average Bonchev–Trinajstić information content (AvgIpc) is 2.59. The van der Waals surface area contributed by atoms with Gasteiger partial charge in [-0.3, -0.25) is 0 Å². The second-order valence-corrected chi connectivity index (χ2v) is 16.2. The van der Waals surface area contributed by atoms with Crippen molar-refractivity contribution < 1.29 is 5.11 Å². The molecule has 1 unspecified atom stereocenters. The quantitative estimate of drug-likeness (QED) is 0.251. The Labute approximate surface area is 250 Å². The molecule has 0 aliphatic rings. The lowest BCUT2D eigenvalue weighted by Gasteiger charge is -2.41. The van der Waals surface area contributed by atoms with Crippen LogP contribution in [-0.2, 0) is 13.8 Å². The number of benzene rings is 1. The second kappa shape index (κ2) is 10.9. The van der Waals surface area contributed by atoms with Gasteiger partial charge in [0.15, 0.2) is 8.67 Å². The zero-order valence-electron chi connectivity index (χ0n) is 14.9. The highest BCUT2D eigenvalue weighted by atomic mass is 35.6. The summed E-state index contributed by atoms with van der Waals surface area (Å²) in [6.07, 6.45) is -0.563. The first kappa shape index (κ1) is 32.3. The molecule has 0 saturated carbocycles. The number of alkyl halides is 14. The van der Waals surface area contributed by atoms with Crippen molar-refractivity contribution in [2.75, 3.05) is 0 Å². The van der Waals surface area contributed by atoms with E-state index in [-0.39, 0.29) is 23.1 Å². The van der Waals surface area contributed by atoms with Gasteiger partial charge in [0, 0.05) is 0 Å². The molecular weight excluding hydrogens is 705 g/mol. The maximum absolute atomic E-state index is 12.8. The van der Waals surface area contributed by atoms with Crippen LogP contribution in [0.15, 0.2) is 18.2 Å². The van der Waals surface area contributed by atoms with E-state index in [9.17, 15) is 5.11 Å². The molecule has 1 nitrogen and oxygen atoms in total. The van der Waals surface area contributed by atoms with E-state index in [1.807, 2.05) is 0 Å².